The van der Waals surface area contributed by atoms with Crippen molar-refractivity contribution in [2.45, 2.75) is 6.42 Å². The third-order valence-electron chi connectivity index (χ3n) is 4.42. The molecular formula is C21H19N3O4. The number of nitrogens with zero attached hydrogens (tertiary/aromatic N) is 2. The van der Waals surface area contributed by atoms with Crippen LogP contribution >= 0.6 is 0 Å². The Bertz CT molecular complexity index is 969. The number of primary amides is 1. The predicted molar refractivity (Wildman–Crippen MR) is 104 cm³/mol. The molecule has 7 heteroatoms. The molecule has 0 unspecified atom stereocenters. The van der Waals surface area contributed by atoms with Crippen LogP contribution in [-0.2, 0) is 4.79 Å². The van der Waals surface area contributed by atoms with E-state index in [1.165, 1.54) is 29.2 Å². The van der Waals surface area contributed by atoms with Gasteiger partial charge in [0.2, 0.25) is 5.91 Å². The van der Waals surface area contributed by atoms with Gasteiger partial charge in [0.05, 0.1) is 11.1 Å². The summed E-state index contributed by atoms with van der Waals surface area (Å²) >= 11 is 0. The molecule has 28 heavy (non-hydrogen) atoms. The van der Waals surface area contributed by atoms with E-state index in [9.17, 15) is 19.2 Å². The maximum Gasteiger partial charge on any atom is 0.261 e. The Morgan fingerprint density at radius 3 is 2.36 bits per heavy atom. The summed E-state index contributed by atoms with van der Waals surface area (Å²) in [6.07, 6.45) is 1.46. The first-order valence-electron chi connectivity index (χ1n) is 8.70. The highest BCUT2D eigenvalue weighted by molar-refractivity contribution is 6.22. The first kappa shape index (κ1) is 19.0. The summed E-state index contributed by atoms with van der Waals surface area (Å²) in [4.78, 5) is 51.6. The summed E-state index contributed by atoms with van der Waals surface area (Å²) in [5, 5.41) is 0. The van der Waals surface area contributed by atoms with Gasteiger partial charge >= 0.3 is 0 Å². The number of anilines is 1. The molecule has 1 heterocycles. The highest BCUT2D eigenvalue weighted by atomic mass is 16.2. The molecule has 0 atom stereocenters. The summed E-state index contributed by atoms with van der Waals surface area (Å²) in [6, 6.07) is 13.2. The lowest BCUT2D eigenvalue weighted by Gasteiger charge is -2.22. The van der Waals surface area contributed by atoms with Gasteiger partial charge in [-0.3, -0.25) is 24.1 Å². The quantitative estimate of drug-likeness (QED) is 0.589. The third-order valence-corrected chi connectivity index (χ3v) is 4.42. The normalized spacial score (nSPS) is 12.6. The summed E-state index contributed by atoms with van der Waals surface area (Å²) in [5.74, 6) is -1.79. The second-order valence-electron chi connectivity index (χ2n) is 6.28. The van der Waals surface area contributed by atoms with Gasteiger partial charge in [0.1, 0.15) is 0 Å². The molecule has 0 saturated carbocycles. The van der Waals surface area contributed by atoms with E-state index in [1.807, 2.05) is 6.07 Å². The van der Waals surface area contributed by atoms with Crippen LogP contribution in [0.15, 0.2) is 61.2 Å². The predicted octanol–water partition coefficient (Wildman–Crippen LogP) is 1.99. The smallest absolute Gasteiger partial charge is 0.261 e. The van der Waals surface area contributed by atoms with Gasteiger partial charge in [0.25, 0.3) is 17.7 Å². The van der Waals surface area contributed by atoms with Crippen LogP contribution in [0.5, 0.6) is 0 Å². The largest absolute Gasteiger partial charge is 0.370 e. The van der Waals surface area contributed by atoms with Gasteiger partial charge in [-0.25, -0.2) is 0 Å². The van der Waals surface area contributed by atoms with E-state index >= 15 is 0 Å². The summed E-state index contributed by atoms with van der Waals surface area (Å²) in [6.45, 7) is 3.75. The molecule has 0 spiro atoms. The molecule has 0 saturated heterocycles. The van der Waals surface area contributed by atoms with Crippen LogP contribution in [0.3, 0.4) is 0 Å². The number of carbonyl (C=O) groups is 4. The zero-order valence-corrected chi connectivity index (χ0v) is 15.1. The number of para-hydroxylation sites is 1. The Morgan fingerprint density at radius 2 is 1.71 bits per heavy atom. The molecule has 0 aliphatic carbocycles. The van der Waals surface area contributed by atoms with Crippen LogP contribution < -0.4 is 10.6 Å². The number of fused-ring (bicyclic) bond motifs is 1. The molecule has 0 bridgehead atoms. The van der Waals surface area contributed by atoms with E-state index in [0.29, 0.717) is 5.69 Å². The lowest BCUT2D eigenvalue weighted by atomic mass is 10.0. The van der Waals surface area contributed by atoms with Gasteiger partial charge in [-0.15, -0.1) is 6.58 Å². The zero-order chi connectivity index (χ0) is 20.3. The number of hydrogen-bond acceptors (Lipinski definition) is 4. The highest BCUT2D eigenvalue weighted by Gasteiger charge is 2.35. The second-order valence-corrected chi connectivity index (χ2v) is 6.28. The molecule has 142 valence electrons. The second kappa shape index (κ2) is 7.87. The minimum absolute atomic E-state index is 0.00387. The summed E-state index contributed by atoms with van der Waals surface area (Å²) in [7, 11) is 0. The summed E-state index contributed by atoms with van der Waals surface area (Å²) in [5.41, 5.74) is 6.52. The van der Waals surface area contributed by atoms with Gasteiger partial charge in [-0.1, -0.05) is 24.3 Å². The van der Waals surface area contributed by atoms with Gasteiger partial charge in [-0.05, 0) is 30.3 Å². The van der Waals surface area contributed by atoms with Crippen LogP contribution in [-0.4, -0.2) is 41.6 Å². The maximum absolute atomic E-state index is 13.1. The van der Waals surface area contributed by atoms with E-state index in [-0.39, 0.29) is 36.2 Å². The molecule has 1 aliphatic heterocycles. The molecule has 0 fully saturated rings. The van der Waals surface area contributed by atoms with Crippen LogP contribution in [0.4, 0.5) is 5.69 Å². The van der Waals surface area contributed by atoms with Crippen molar-refractivity contribution in [2.24, 2.45) is 5.73 Å². The van der Waals surface area contributed by atoms with E-state index in [1.54, 1.807) is 24.3 Å². The topological polar surface area (TPSA) is 101 Å². The number of hydrogen-bond donors (Lipinski definition) is 1. The standard InChI is InChI=1S/C21H19N3O4/c1-2-11-24-20(27)16-9-8-14(13-17(16)21(24)28)19(26)23(12-10-18(22)25)15-6-4-3-5-7-15/h2-9,13H,1,10-12H2,(H2,22,25). The number of imide groups is 1. The molecule has 4 amide bonds. The minimum atomic E-state index is -0.525. The molecule has 2 aromatic rings. The van der Waals surface area contributed by atoms with E-state index in [4.69, 9.17) is 5.73 Å². The Hall–Kier alpha value is -3.74. The van der Waals surface area contributed by atoms with Gasteiger partial charge in [0, 0.05) is 30.8 Å². The average molecular weight is 377 g/mol. The fourth-order valence-electron chi connectivity index (χ4n) is 3.05. The molecule has 0 radical (unpaired) electrons. The van der Waals surface area contributed by atoms with Gasteiger partial charge in [-0.2, -0.15) is 0 Å². The lowest BCUT2D eigenvalue weighted by Crippen LogP contribution is -2.34. The van der Waals surface area contributed by atoms with Crippen molar-refractivity contribution >= 4 is 29.3 Å². The number of amides is 4. The third kappa shape index (κ3) is 3.55. The van der Waals surface area contributed by atoms with Gasteiger partial charge in [0.15, 0.2) is 0 Å². The molecule has 0 aromatic heterocycles. The molecular weight excluding hydrogens is 358 g/mol. The minimum Gasteiger partial charge on any atom is -0.370 e. The first-order chi connectivity index (χ1) is 13.4. The molecule has 7 nitrogen and oxygen atoms in total. The van der Waals surface area contributed by atoms with Crippen LogP contribution in [0, 0.1) is 0 Å². The molecule has 3 rings (SSSR count). The monoisotopic (exact) mass is 377 g/mol. The van der Waals surface area contributed by atoms with E-state index in [0.717, 1.165) is 4.90 Å². The SMILES string of the molecule is C=CCN1C(=O)c2ccc(C(=O)N(CCC(N)=O)c3ccccc3)cc2C1=O. The molecule has 1 aliphatic rings. The van der Waals surface area contributed by atoms with E-state index in [2.05, 4.69) is 6.58 Å². The number of rotatable bonds is 7. The van der Waals surface area contributed by atoms with Crippen molar-refractivity contribution in [3.8, 4) is 0 Å². The van der Waals surface area contributed by atoms with Crippen molar-refractivity contribution in [1.29, 1.82) is 0 Å². The van der Waals surface area contributed by atoms with Crippen LogP contribution in [0.2, 0.25) is 0 Å². The van der Waals surface area contributed by atoms with Crippen molar-refractivity contribution in [1.82, 2.24) is 4.90 Å². The fourth-order valence-corrected chi connectivity index (χ4v) is 3.05. The Balaban J connectivity index is 1.95. The lowest BCUT2D eigenvalue weighted by molar-refractivity contribution is -0.117. The molecule has 2 aromatic carbocycles. The van der Waals surface area contributed by atoms with E-state index < -0.39 is 23.6 Å². The van der Waals surface area contributed by atoms with Crippen molar-refractivity contribution in [3.63, 3.8) is 0 Å². The Morgan fingerprint density at radius 1 is 1.04 bits per heavy atom. The maximum atomic E-state index is 13.1. The fraction of sp³-hybridized carbons (Fsp3) is 0.143. The Kier molecular flexibility index (Phi) is 5.35. The molecule has 2 N–H and O–H groups in total. The van der Waals surface area contributed by atoms with Crippen LogP contribution in [0.1, 0.15) is 37.5 Å². The van der Waals surface area contributed by atoms with Gasteiger partial charge < -0.3 is 10.6 Å². The highest BCUT2D eigenvalue weighted by Crippen LogP contribution is 2.25. The summed E-state index contributed by atoms with van der Waals surface area (Å²) < 4.78 is 0. The number of carbonyl (C=O) groups excluding carboxylic acids is 4. The first-order valence-corrected chi connectivity index (χ1v) is 8.70. The number of benzene rings is 2. The Labute approximate surface area is 162 Å². The zero-order valence-electron chi connectivity index (χ0n) is 15.1. The van der Waals surface area contributed by atoms with Crippen molar-refractivity contribution < 1.29 is 19.2 Å². The average Bonchev–Trinajstić information content (AvgIpc) is 2.93. The number of nitrogens with two attached hydrogens (primary N) is 1. The van der Waals surface area contributed by atoms with Crippen LogP contribution in [0.25, 0.3) is 0 Å². The van der Waals surface area contributed by atoms with Crippen molar-refractivity contribution in [2.75, 3.05) is 18.0 Å². The van der Waals surface area contributed by atoms with Crippen molar-refractivity contribution in [3.05, 3.63) is 77.9 Å².